The van der Waals surface area contributed by atoms with Gasteiger partial charge in [-0.25, -0.2) is 0 Å². The highest BCUT2D eigenvalue weighted by atomic mass is 16.5. The van der Waals surface area contributed by atoms with Crippen LogP contribution in [0.25, 0.3) is 0 Å². The summed E-state index contributed by atoms with van der Waals surface area (Å²) in [7, 11) is 0. The average molecular weight is 814 g/mol. The molecule has 0 aromatic rings. The van der Waals surface area contributed by atoms with Crippen LogP contribution in [0.1, 0.15) is 245 Å². The molecule has 0 aromatic carbocycles. The van der Waals surface area contributed by atoms with Crippen LogP contribution in [0.4, 0.5) is 0 Å². The number of allylic oxidation sites excluding steroid dienone is 7. The van der Waals surface area contributed by atoms with Crippen LogP contribution in [0.2, 0.25) is 0 Å². The van der Waals surface area contributed by atoms with Crippen LogP contribution >= 0.6 is 0 Å². The SMILES string of the molecule is CCCCCCC/C=C\CCCCCCCC(=O)OCCCCC/C=C\C=C/CCCCCCCCC(=O)NC(CO)C(O)/C=C/CCCCCCCCCCCC. The molecule has 0 aliphatic carbocycles. The molecule has 2 unspecified atom stereocenters. The lowest BCUT2D eigenvalue weighted by Gasteiger charge is -2.20. The number of nitrogens with one attached hydrogen (secondary N) is 1. The number of hydrogen-bond donors (Lipinski definition) is 3. The summed E-state index contributed by atoms with van der Waals surface area (Å²) >= 11 is 0. The third-order valence-corrected chi connectivity index (χ3v) is 11.1. The first-order valence-electron chi connectivity index (χ1n) is 24.9. The first kappa shape index (κ1) is 55.8. The van der Waals surface area contributed by atoms with Gasteiger partial charge >= 0.3 is 5.97 Å². The molecule has 0 aliphatic heterocycles. The summed E-state index contributed by atoms with van der Waals surface area (Å²) in [6.07, 6.45) is 58.2. The number of hydrogen-bond acceptors (Lipinski definition) is 5. The van der Waals surface area contributed by atoms with Crippen LogP contribution < -0.4 is 5.32 Å². The molecule has 0 spiro atoms. The van der Waals surface area contributed by atoms with Crippen LogP contribution in [0.5, 0.6) is 0 Å². The number of carbonyl (C=O) groups is 2. The summed E-state index contributed by atoms with van der Waals surface area (Å²) in [5.41, 5.74) is 0. The molecule has 6 nitrogen and oxygen atoms in total. The zero-order chi connectivity index (χ0) is 42.3. The smallest absolute Gasteiger partial charge is 0.305 e. The molecular weight excluding hydrogens is 719 g/mol. The molecule has 0 fully saturated rings. The quantitative estimate of drug-likeness (QED) is 0.0246. The van der Waals surface area contributed by atoms with Gasteiger partial charge in [0.2, 0.25) is 5.91 Å². The molecule has 0 saturated heterocycles. The highest BCUT2D eigenvalue weighted by molar-refractivity contribution is 5.76. The van der Waals surface area contributed by atoms with Gasteiger partial charge in [0, 0.05) is 12.8 Å². The van der Waals surface area contributed by atoms with E-state index >= 15 is 0 Å². The van der Waals surface area contributed by atoms with E-state index in [4.69, 9.17) is 4.74 Å². The van der Waals surface area contributed by atoms with E-state index in [9.17, 15) is 19.8 Å². The number of aliphatic hydroxyl groups is 2. The van der Waals surface area contributed by atoms with Crippen LogP contribution in [0.15, 0.2) is 48.6 Å². The molecular formula is C52H95NO5. The fourth-order valence-corrected chi connectivity index (χ4v) is 7.20. The molecule has 0 rings (SSSR count). The Morgan fingerprint density at radius 3 is 1.33 bits per heavy atom. The van der Waals surface area contributed by atoms with E-state index in [0.717, 1.165) is 77.0 Å². The van der Waals surface area contributed by atoms with E-state index in [1.165, 1.54) is 141 Å². The molecule has 2 atom stereocenters. The summed E-state index contributed by atoms with van der Waals surface area (Å²) in [5, 5.41) is 23.0. The third kappa shape index (κ3) is 43.4. The predicted molar refractivity (Wildman–Crippen MR) is 250 cm³/mol. The minimum absolute atomic E-state index is 0.0326. The lowest BCUT2D eigenvalue weighted by atomic mass is 10.1. The van der Waals surface area contributed by atoms with Crippen molar-refractivity contribution in [3.8, 4) is 0 Å². The summed E-state index contributed by atoms with van der Waals surface area (Å²) in [4.78, 5) is 24.4. The Kier molecular flexibility index (Phi) is 45.7. The lowest BCUT2D eigenvalue weighted by molar-refractivity contribution is -0.143. The van der Waals surface area contributed by atoms with Crippen molar-refractivity contribution < 1.29 is 24.5 Å². The Labute approximate surface area is 359 Å². The Bertz CT molecular complexity index is 988. The van der Waals surface area contributed by atoms with Crippen molar-refractivity contribution in [2.24, 2.45) is 0 Å². The van der Waals surface area contributed by atoms with Crippen LogP contribution in [0, 0.1) is 0 Å². The normalized spacial score (nSPS) is 13.1. The van der Waals surface area contributed by atoms with Gasteiger partial charge in [-0.2, -0.15) is 0 Å². The lowest BCUT2D eigenvalue weighted by Crippen LogP contribution is -2.45. The molecule has 6 heteroatoms. The second kappa shape index (κ2) is 47.5. The molecule has 0 aliphatic rings. The number of amides is 1. The van der Waals surface area contributed by atoms with E-state index in [0.29, 0.717) is 19.4 Å². The number of aliphatic hydroxyl groups excluding tert-OH is 2. The Balaban J connectivity index is 3.57. The number of unbranched alkanes of at least 4 members (excludes halogenated alkanes) is 29. The fraction of sp³-hybridized carbons (Fsp3) is 0.808. The van der Waals surface area contributed by atoms with Crippen LogP contribution in [-0.4, -0.2) is 47.4 Å². The van der Waals surface area contributed by atoms with Gasteiger partial charge in [0.05, 0.1) is 25.4 Å². The van der Waals surface area contributed by atoms with Crippen LogP contribution in [-0.2, 0) is 14.3 Å². The predicted octanol–water partition coefficient (Wildman–Crippen LogP) is 14.7. The van der Waals surface area contributed by atoms with Gasteiger partial charge in [0.25, 0.3) is 0 Å². The average Bonchev–Trinajstić information content (AvgIpc) is 3.22. The van der Waals surface area contributed by atoms with E-state index in [1.54, 1.807) is 6.08 Å². The standard InChI is InChI=1S/C52H95NO5/c1-3-5-7-9-11-13-15-17-22-26-30-34-38-42-46-52(57)58-47-43-39-35-31-27-23-20-18-19-21-25-29-33-37-41-45-51(56)53-49(48-54)50(55)44-40-36-32-28-24-16-14-12-10-8-6-4-2/h15,17-18,20,23,27,40,44,49-50,54-55H,3-14,16,19,21-22,24-26,28-39,41-43,45-48H2,1-2H3,(H,53,56)/b17-15-,20-18-,27-23-,44-40+. The second-order valence-corrected chi connectivity index (χ2v) is 16.8. The van der Waals surface area contributed by atoms with Crippen molar-refractivity contribution in [3.63, 3.8) is 0 Å². The van der Waals surface area contributed by atoms with Gasteiger partial charge < -0.3 is 20.3 Å². The minimum Gasteiger partial charge on any atom is -0.466 e. The van der Waals surface area contributed by atoms with Crippen molar-refractivity contribution in [3.05, 3.63) is 48.6 Å². The first-order valence-corrected chi connectivity index (χ1v) is 24.9. The van der Waals surface area contributed by atoms with Gasteiger partial charge in [-0.3, -0.25) is 9.59 Å². The largest absolute Gasteiger partial charge is 0.466 e. The van der Waals surface area contributed by atoms with Crippen molar-refractivity contribution >= 4 is 11.9 Å². The topological polar surface area (TPSA) is 95.9 Å². The molecule has 0 heterocycles. The number of esters is 1. The molecule has 0 radical (unpaired) electrons. The van der Waals surface area contributed by atoms with E-state index in [2.05, 4.69) is 55.6 Å². The maximum atomic E-state index is 12.4. The van der Waals surface area contributed by atoms with E-state index in [-0.39, 0.29) is 18.5 Å². The molecule has 0 bridgehead atoms. The van der Waals surface area contributed by atoms with E-state index < -0.39 is 12.1 Å². The molecule has 338 valence electrons. The van der Waals surface area contributed by atoms with Gasteiger partial charge in [-0.1, -0.05) is 191 Å². The second-order valence-electron chi connectivity index (χ2n) is 16.8. The Hall–Kier alpha value is -2.18. The highest BCUT2D eigenvalue weighted by Crippen LogP contribution is 2.14. The highest BCUT2D eigenvalue weighted by Gasteiger charge is 2.18. The molecule has 3 N–H and O–H groups in total. The van der Waals surface area contributed by atoms with Crippen molar-refractivity contribution in [1.29, 1.82) is 0 Å². The maximum Gasteiger partial charge on any atom is 0.305 e. The Morgan fingerprint density at radius 2 is 0.862 bits per heavy atom. The van der Waals surface area contributed by atoms with Gasteiger partial charge in [0.15, 0.2) is 0 Å². The number of rotatable bonds is 45. The monoisotopic (exact) mass is 814 g/mol. The molecule has 58 heavy (non-hydrogen) atoms. The van der Waals surface area contributed by atoms with Gasteiger partial charge in [0.1, 0.15) is 0 Å². The molecule has 0 saturated carbocycles. The van der Waals surface area contributed by atoms with Gasteiger partial charge in [-0.15, -0.1) is 0 Å². The summed E-state index contributed by atoms with van der Waals surface area (Å²) in [6.45, 7) is 4.81. The van der Waals surface area contributed by atoms with Gasteiger partial charge in [-0.05, 0) is 89.9 Å². The van der Waals surface area contributed by atoms with Crippen molar-refractivity contribution in [2.75, 3.05) is 13.2 Å². The first-order chi connectivity index (χ1) is 28.5. The Morgan fingerprint density at radius 1 is 0.483 bits per heavy atom. The summed E-state index contributed by atoms with van der Waals surface area (Å²) in [5.74, 6) is -0.126. The van der Waals surface area contributed by atoms with Crippen LogP contribution in [0.3, 0.4) is 0 Å². The fourth-order valence-electron chi connectivity index (χ4n) is 7.20. The van der Waals surface area contributed by atoms with Crippen molar-refractivity contribution in [2.45, 2.75) is 257 Å². The third-order valence-electron chi connectivity index (χ3n) is 11.1. The molecule has 0 aromatic heterocycles. The van der Waals surface area contributed by atoms with Crippen molar-refractivity contribution in [1.82, 2.24) is 5.32 Å². The number of ether oxygens (including phenoxy) is 1. The zero-order valence-electron chi connectivity index (χ0n) is 38.3. The zero-order valence-corrected chi connectivity index (χ0v) is 38.3. The molecule has 1 amide bonds. The maximum absolute atomic E-state index is 12.4. The summed E-state index contributed by atoms with van der Waals surface area (Å²) < 4.78 is 5.43. The number of carbonyl (C=O) groups excluding carboxylic acids is 2. The minimum atomic E-state index is -0.858. The summed E-state index contributed by atoms with van der Waals surface area (Å²) in [6, 6.07) is -0.644. The van der Waals surface area contributed by atoms with E-state index in [1.807, 2.05) is 6.08 Å².